The molecule has 0 aliphatic carbocycles. The second kappa shape index (κ2) is 10.6. The molecular weight excluding hydrogens is 446 g/mol. The van der Waals surface area contributed by atoms with Gasteiger partial charge >= 0.3 is 0 Å². The third-order valence-corrected chi connectivity index (χ3v) is 6.47. The fraction of sp³-hybridized carbons (Fsp3) is 0.222. The lowest BCUT2D eigenvalue weighted by Crippen LogP contribution is -2.33. The van der Waals surface area contributed by atoms with Gasteiger partial charge in [-0.15, -0.1) is 0 Å². The molecule has 6 nitrogen and oxygen atoms in total. The number of fused-ring (bicyclic) bond motifs is 1. The molecule has 174 valence electrons. The summed E-state index contributed by atoms with van der Waals surface area (Å²) in [5.41, 5.74) is 2.10. The molecule has 1 N–H and O–H groups in total. The quantitative estimate of drug-likeness (QED) is 0.288. The number of nitrogens with one attached hydrogen (secondary N) is 1. The lowest BCUT2D eigenvalue weighted by atomic mass is 9.96. The Labute approximate surface area is 203 Å². The molecule has 1 amide bonds. The van der Waals surface area contributed by atoms with Crippen LogP contribution >= 0.6 is 11.8 Å². The van der Waals surface area contributed by atoms with Crippen LogP contribution in [0.15, 0.2) is 88.8 Å². The number of carbonyl (C=O) groups excluding carboxylic acids is 1. The zero-order valence-electron chi connectivity index (χ0n) is 19.4. The summed E-state index contributed by atoms with van der Waals surface area (Å²) in [6, 6.07) is 24.3. The Morgan fingerprint density at radius 3 is 2.50 bits per heavy atom. The molecule has 4 aromatic rings. The molecule has 0 aliphatic rings. The van der Waals surface area contributed by atoms with E-state index < -0.39 is 0 Å². The number of nitrogens with zero attached hydrogens (tertiary/aromatic N) is 2. The fourth-order valence-electron chi connectivity index (χ4n) is 3.83. The van der Waals surface area contributed by atoms with E-state index in [1.165, 1.54) is 11.8 Å². The average molecular weight is 474 g/mol. The van der Waals surface area contributed by atoms with Crippen LogP contribution < -0.4 is 15.6 Å². The van der Waals surface area contributed by atoms with Gasteiger partial charge in [-0.1, -0.05) is 74.1 Å². The van der Waals surface area contributed by atoms with Gasteiger partial charge in [0.05, 0.1) is 35.5 Å². The third-order valence-electron chi connectivity index (χ3n) is 5.53. The van der Waals surface area contributed by atoms with Gasteiger partial charge in [-0.2, -0.15) is 0 Å². The van der Waals surface area contributed by atoms with E-state index in [1.54, 1.807) is 29.9 Å². The van der Waals surface area contributed by atoms with Crippen LogP contribution in [0, 0.1) is 5.92 Å². The van der Waals surface area contributed by atoms with Crippen molar-refractivity contribution in [3.8, 4) is 11.4 Å². The van der Waals surface area contributed by atoms with Gasteiger partial charge in [0.1, 0.15) is 5.75 Å². The number of thioether (sulfide) groups is 1. The van der Waals surface area contributed by atoms with Crippen LogP contribution in [-0.4, -0.2) is 28.3 Å². The topological polar surface area (TPSA) is 73.2 Å². The van der Waals surface area contributed by atoms with Gasteiger partial charge in [-0.05, 0) is 35.7 Å². The number of benzene rings is 3. The molecular formula is C27H27N3O3S. The zero-order chi connectivity index (χ0) is 24.1. The van der Waals surface area contributed by atoms with E-state index in [-0.39, 0.29) is 29.2 Å². The molecule has 4 rings (SSSR count). The number of ether oxygens (including phenoxy) is 1. The van der Waals surface area contributed by atoms with Gasteiger partial charge < -0.3 is 10.1 Å². The molecule has 0 saturated carbocycles. The molecule has 1 heterocycles. The van der Waals surface area contributed by atoms with E-state index in [0.29, 0.717) is 27.5 Å². The molecule has 1 aromatic heterocycles. The zero-order valence-corrected chi connectivity index (χ0v) is 20.2. The van der Waals surface area contributed by atoms with Crippen LogP contribution in [0.3, 0.4) is 0 Å². The van der Waals surface area contributed by atoms with E-state index >= 15 is 0 Å². The summed E-state index contributed by atoms with van der Waals surface area (Å²) in [5, 5.41) is 4.11. The number of rotatable bonds is 8. The Kier molecular flexibility index (Phi) is 7.33. The first kappa shape index (κ1) is 23.6. The highest BCUT2D eigenvalue weighted by Gasteiger charge is 2.20. The second-order valence-electron chi connectivity index (χ2n) is 8.24. The van der Waals surface area contributed by atoms with E-state index in [9.17, 15) is 9.59 Å². The number of methoxy groups -OCH3 is 1. The standard InChI is InChI=1S/C27H27N3O3S/c1-18(2)25(19-10-5-4-6-11-19)29-24(31)17-34-27-28-23-15-8-7-14-22(23)26(32)30(27)20-12-9-13-21(16-20)33-3/h4-16,18,25H,17H2,1-3H3,(H,29,31). The fourth-order valence-corrected chi connectivity index (χ4v) is 4.65. The second-order valence-corrected chi connectivity index (χ2v) is 9.18. The minimum atomic E-state index is -0.189. The Balaban J connectivity index is 1.64. The summed E-state index contributed by atoms with van der Waals surface area (Å²) in [7, 11) is 1.58. The van der Waals surface area contributed by atoms with Crippen molar-refractivity contribution < 1.29 is 9.53 Å². The Bertz CT molecular complexity index is 1350. The maximum absolute atomic E-state index is 13.4. The minimum Gasteiger partial charge on any atom is -0.497 e. The first-order chi connectivity index (χ1) is 16.5. The van der Waals surface area contributed by atoms with Gasteiger partial charge in [-0.25, -0.2) is 4.98 Å². The molecule has 0 fully saturated rings. The minimum absolute atomic E-state index is 0.0977. The summed E-state index contributed by atoms with van der Waals surface area (Å²) in [4.78, 5) is 31.1. The molecule has 3 aromatic carbocycles. The van der Waals surface area contributed by atoms with E-state index in [2.05, 4.69) is 19.2 Å². The summed E-state index contributed by atoms with van der Waals surface area (Å²) in [6.07, 6.45) is 0. The van der Waals surface area contributed by atoms with Crippen molar-refractivity contribution >= 4 is 28.6 Å². The number of hydrogen-bond donors (Lipinski definition) is 1. The highest BCUT2D eigenvalue weighted by atomic mass is 32.2. The van der Waals surface area contributed by atoms with Crippen molar-refractivity contribution in [2.45, 2.75) is 25.0 Å². The van der Waals surface area contributed by atoms with E-state index in [4.69, 9.17) is 9.72 Å². The Morgan fingerprint density at radius 1 is 1.03 bits per heavy atom. The van der Waals surface area contributed by atoms with Gasteiger partial charge in [0.2, 0.25) is 5.91 Å². The van der Waals surface area contributed by atoms with E-state index in [0.717, 1.165) is 5.56 Å². The number of carbonyl (C=O) groups is 1. The Hall–Kier alpha value is -3.58. The number of hydrogen-bond acceptors (Lipinski definition) is 5. The summed E-state index contributed by atoms with van der Waals surface area (Å²) < 4.78 is 6.88. The molecule has 1 unspecified atom stereocenters. The highest BCUT2D eigenvalue weighted by Crippen LogP contribution is 2.25. The lowest BCUT2D eigenvalue weighted by molar-refractivity contribution is -0.119. The van der Waals surface area contributed by atoms with E-state index in [1.807, 2.05) is 60.7 Å². The van der Waals surface area contributed by atoms with Gasteiger partial charge in [0.25, 0.3) is 5.56 Å². The van der Waals surface area contributed by atoms with Crippen molar-refractivity contribution in [1.29, 1.82) is 0 Å². The van der Waals surface area contributed by atoms with Crippen molar-refractivity contribution in [2.75, 3.05) is 12.9 Å². The Morgan fingerprint density at radius 2 is 1.76 bits per heavy atom. The molecule has 0 spiro atoms. The molecule has 7 heteroatoms. The third kappa shape index (κ3) is 5.15. The smallest absolute Gasteiger partial charge is 0.266 e. The van der Waals surface area contributed by atoms with Crippen LogP contribution in [0.5, 0.6) is 5.75 Å². The maximum Gasteiger partial charge on any atom is 0.266 e. The number of para-hydroxylation sites is 1. The van der Waals surface area contributed by atoms with Crippen LogP contribution in [0.4, 0.5) is 0 Å². The monoisotopic (exact) mass is 473 g/mol. The normalized spacial score (nSPS) is 12.0. The molecule has 0 aliphatic heterocycles. The van der Waals surface area contributed by atoms with Crippen molar-refractivity contribution in [2.24, 2.45) is 5.92 Å². The lowest BCUT2D eigenvalue weighted by Gasteiger charge is -2.23. The highest BCUT2D eigenvalue weighted by molar-refractivity contribution is 7.99. The van der Waals surface area contributed by atoms with Crippen LogP contribution in [-0.2, 0) is 4.79 Å². The first-order valence-corrected chi connectivity index (χ1v) is 12.1. The SMILES string of the molecule is COc1cccc(-n2c(SCC(=O)NC(c3ccccc3)C(C)C)nc3ccccc3c2=O)c1. The molecule has 34 heavy (non-hydrogen) atoms. The van der Waals surface area contributed by atoms with Gasteiger partial charge in [-0.3, -0.25) is 14.2 Å². The summed E-state index contributed by atoms with van der Waals surface area (Å²) >= 11 is 1.24. The van der Waals surface area contributed by atoms with Crippen molar-refractivity contribution in [3.63, 3.8) is 0 Å². The molecule has 0 radical (unpaired) electrons. The van der Waals surface area contributed by atoms with Crippen molar-refractivity contribution in [3.05, 3.63) is 94.8 Å². The number of aromatic nitrogens is 2. The summed E-state index contributed by atoms with van der Waals surface area (Å²) in [6.45, 7) is 4.16. The predicted octanol–water partition coefficient (Wildman–Crippen LogP) is 5.00. The molecule has 0 saturated heterocycles. The number of amides is 1. The van der Waals surface area contributed by atoms with Gasteiger partial charge in [0, 0.05) is 6.07 Å². The van der Waals surface area contributed by atoms with Crippen LogP contribution in [0.1, 0.15) is 25.5 Å². The molecule has 1 atom stereocenters. The predicted molar refractivity (Wildman–Crippen MR) is 137 cm³/mol. The maximum atomic E-state index is 13.4. The summed E-state index contributed by atoms with van der Waals surface area (Å²) in [5.74, 6) is 0.872. The van der Waals surface area contributed by atoms with Crippen molar-refractivity contribution in [1.82, 2.24) is 14.9 Å². The van der Waals surface area contributed by atoms with Crippen LogP contribution in [0.25, 0.3) is 16.6 Å². The molecule has 0 bridgehead atoms. The first-order valence-electron chi connectivity index (χ1n) is 11.1. The van der Waals surface area contributed by atoms with Gasteiger partial charge in [0.15, 0.2) is 5.16 Å². The largest absolute Gasteiger partial charge is 0.497 e. The van der Waals surface area contributed by atoms with Crippen LogP contribution in [0.2, 0.25) is 0 Å². The average Bonchev–Trinajstić information content (AvgIpc) is 2.86.